The predicted molar refractivity (Wildman–Crippen MR) is 79.9 cm³/mol. The van der Waals surface area contributed by atoms with Gasteiger partial charge >= 0.3 is 0 Å². The second-order valence-electron chi connectivity index (χ2n) is 4.06. The molecule has 0 fully saturated rings. The molecule has 1 aromatic heterocycles. The van der Waals surface area contributed by atoms with Gasteiger partial charge in [0.05, 0.1) is 19.0 Å². The number of nitrogens with one attached hydrogen (secondary N) is 2. The van der Waals surface area contributed by atoms with Crippen LogP contribution in [0.3, 0.4) is 0 Å². The molecule has 0 saturated heterocycles. The molecule has 0 aliphatic carbocycles. The van der Waals surface area contributed by atoms with Crippen LogP contribution in [-0.4, -0.2) is 28.8 Å². The highest BCUT2D eigenvalue weighted by molar-refractivity contribution is 6.31. The number of ether oxygens (including phenoxy) is 1. The minimum absolute atomic E-state index is 0.484. The monoisotopic (exact) mass is 293 g/mol. The molecule has 106 valence electrons. The third-order valence-electron chi connectivity index (χ3n) is 2.52. The van der Waals surface area contributed by atoms with E-state index in [2.05, 4.69) is 32.7 Å². The van der Waals surface area contributed by atoms with E-state index >= 15 is 0 Å². The van der Waals surface area contributed by atoms with Crippen LogP contribution in [0.2, 0.25) is 5.02 Å². The van der Waals surface area contributed by atoms with Crippen LogP contribution in [0, 0.1) is 0 Å². The second-order valence-corrected chi connectivity index (χ2v) is 4.50. The smallest absolute Gasteiger partial charge is 0.244 e. The summed E-state index contributed by atoms with van der Waals surface area (Å²) in [5, 5.41) is 14.6. The first kappa shape index (κ1) is 14.3. The summed E-state index contributed by atoms with van der Waals surface area (Å²) in [5.74, 6) is 1.73. The minimum atomic E-state index is 0.484. The number of halogens is 1. The number of nitrogens with zero attached hydrogens (tertiary/aromatic N) is 3. The normalized spacial score (nSPS) is 10.2. The first-order valence-electron chi connectivity index (χ1n) is 6.27. The maximum Gasteiger partial charge on any atom is 0.244 e. The lowest BCUT2D eigenvalue weighted by Gasteiger charge is -2.11. The summed E-state index contributed by atoms with van der Waals surface area (Å²) in [6, 6.07) is 5.31. The van der Waals surface area contributed by atoms with Gasteiger partial charge in [0.15, 0.2) is 5.82 Å². The molecule has 0 aliphatic heterocycles. The highest BCUT2D eigenvalue weighted by Gasteiger charge is 2.06. The van der Waals surface area contributed by atoms with Crippen molar-refractivity contribution in [2.75, 3.05) is 24.3 Å². The molecule has 2 aromatic rings. The fourth-order valence-electron chi connectivity index (χ4n) is 1.59. The van der Waals surface area contributed by atoms with Crippen LogP contribution in [0.1, 0.15) is 13.3 Å². The van der Waals surface area contributed by atoms with Gasteiger partial charge in [0, 0.05) is 11.6 Å². The van der Waals surface area contributed by atoms with E-state index in [0.29, 0.717) is 22.5 Å². The highest BCUT2D eigenvalue weighted by Crippen LogP contribution is 2.29. The van der Waals surface area contributed by atoms with Gasteiger partial charge in [0.25, 0.3) is 0 Å². The van der Waals surface area contributed by atoms with E-state index in [1.54, 1.807) is 25.3 Å². The van der Waals surface area contributed by atoms with Gasteiger partial charge in [-0.05, 0) is 24.6 Å². The van der Waals surface area contributed by atoms with E-state index in [1.165, 1.54) is 6.20 Å². The average Bonchev–Trinajstić information content (AvgIpc) is 2.46. The van der Waals surface area contributed by atoms with E-state index in [9.17, 15) is 0 Å². The Bertz CT molecular complexity index is 578. The average molecular weight is 294 g/mol. The Hall–Kier alpha value is -2.08. The van der Waals surface area contributed by atoms with Crippen molar-refractivity contribution < 1.29 is 4.74 Å². The zero-order chi connectivity index (χ0) is 14.4. The standard InChI is InChI=1S/C13H16ClN5O/c1-3-6-15-13-18-12(8-16-19-13)17-10-7-9(14)4-5-11(10)20-2/h4-5,7-8H,3,6H2,1-2H3,(H2,15,17,18,19). The lowest BCUT2D eigenvalue weighted by molar-refractivity contribution is 0.417. The molecule has 1 heterocycles. The molecule has 20 heavy (non-hydrogen) atoms. The predicted octanol–water partition coefficient (Wildman–Crippen LogP) is 3.10. The van der Waals surface area contributed by atoms with Crippen molar-refractivity contribution in [3.05, 3.63) is 29.4 Å². The largest absolute Gasteiger partial charge is 0.495 e. The van der Waals surface area contributed by atoms with Crippen molar-refractivity contribution in [3.8, 4) is 5.75 Å². The fourth-order valence-corrected chi connectivity index (χ4v) is 1.76. The van der Waals surface area contributed by atoms with Gasteiger partial charge in [0.2, 0.25) is 5.95 Å². The van der Waals surface area contributed by atoms with E-state index in [0.717, 1.165) is 18.7 Å². The van der Waals surface area contributed by atoms with Gasteiger partial charge in [-0.25, -0.2) is 0 Å². The lowest BCUT2D eigenvalue weighted by atomic mass is 10.3. The Morgan fingerprint density at radius 3 is 2.95 bits per heavy atom. The zero-order valence-electron chi connectivity index (χ0n) is 11.4. The van der Waals surface area contributed by atoms with Crippen molar-refractivity contribution in [3.63, 3.8) is 0 Å². The molecular weight excluding hydrogens is 278 g/mol. The molecule has 0 aliphatic rings. The summed E-state index contributed by atoms with van der Waals surface area (Å²) < 4.78 is 5.27. The lowest BCUT2D eigenvalue weighted by Crippen LogP contribution is -2.07. The number of hydrogen-bond acceptors (Lipinski definition) is 6. The third-order valence-corrected chi connectivity index (χ3v) is 2.75. The number of benzene rings is 1. The van der Waals surface area contributed by atoms with Crippen molar-refractivity contribution in [1.29, 1.82) is 0 Å². The summed E-state index contributed by atoms with van der Waals surface area (Å²) >= 11 is 5.98. The van der Waals surface area contributed by atoms with Gasteiger partial charge < -0.3 is 15.4 Å². The first-order valence-corrected chi connectivity index (χ1v) is 6.65. The molecule has 0 bridgehead atoms. The zero-order valence-corrected chi connectivity index (χ0v) is 12.1. The van der Waals surface area contributed by atoms with Crippen LogP contribution in [0.4, 0.5) is 17.5 Å². The summed E-state index contributed by atoms with van der Waals surface area (Å²) in [4.78, 5) is 4.32. The van der Waals surface area contributed by atoms with E-state index in [4.69, 9.17) is 16.3 Å². The maximum atomic E-state index is 5.98. The van der Waals surface area contributed by atoms with Crippen LogP contribution < -0.4 is 15.4 Å². The molecule has 2 rings (SSSR count). The van der Waals surface area contributed by atoms with Crippen molar-refractivity contribution >= 4 is 29.1 Å². The van der Waals surface area contributed by atoms with Crippen LogP contribution >= 0.6 is 11.6 Å². The first-order chi connectivity index (χ1) is 9.72. The Kier molecular flexibility index (Phi) is 4.95. The molecule has 7 heteroatoms. The maximum absolute atomic E-state index is 5.98. The van der Waals surface area contributed by atoms with Crippen LogP contribution in [-0.2, 0) is 0 Å². The SMILES string of the molecule is CCCNc1nncc(Nc2cc(Cl)ccc2OC)n1. The Labute approximate surface area is 122 Å². The van der Waals surface area contributed by atoms with Gasteiger partial charge in [-0.2, -0.15) is 10.1 Å². The summed E-state index contributed by atoms with van der Waals surface area (Å²) in [7, 11) is 1.60. The van der Waals surface area contributed by atoms with Crippen LogP contribution in [0.5, 0.6) is 5.75 Å². The highest BCUT2D eigenvalue weighted by atomic mass is 35.5. The van der Waals surface area contributed by atoms with Crippen LogP contribution in [0.15, 0.2) is 24.4 Å². The molecule has 0 spiro atoms. The van der Waals surface area contributed by atoms with Gasteiger partial charge in [-0.15, -0.1) is 5.10 Å². The van der Waals surface area contributed by atoms with Gasteiger partial charge in [0.1, 0.15) is 5.75 Å². The molecular formula is C13H16ClN5O. The Balaban J connectivity index is 2.19. The Morgan fingerprint density at radius 1 is 1.35 bits per heavy atom. The van der Waals surface area contributed by atoms with E-state index in [-0.39, 0.29) is 0 Å². The number of anilines is 3. The molecule has 0 radical (unpaired) electrons. The van der Waals surface area contributed by atoms with Gasteiger partial charge in [-0.1, -0.05) is 18.5 Å². The number of methoxy groups -OCH3 is 1. The third kappa shape index (κ3) is 3.71. The molecule has 0 saturated carbocycles. The fraction of sp³-hybridized carbons (Fsp3) is 0.308. The van der Waals surface area contributed by atoms with E-state index in [1.807, 2.05) is 0 Å². The van der Waals surface area contributed by atoms with Crippen molar-refractivity contribution in [1.82, 2.24) is 15.2 Å². The summed E-state index contributed by atoms with van der Waals surface area (Å²) in [6.45, 7) is 2.87. The van der Waals surface area contributed by atoms with Crippen molar-refractivity contribution in [2.24, 2.45) is 0 Å². The molecule has 0 amide bonds. The number of hydrogen-bond donors (Lipinski definition) is 2. The quantitative estimate of drug-likeness (QED) is 0.853. The second kappa shape index (κ2) is 6.91. The van der Waals surface area contributed by atoms with Crippen molar-refractivity contribution in [2.45, 2.75) is 13.3 Å². The number of aromatic nitrogens is 3. The van der Waals surface area contributed by atoms with Crippen LogP contribution in [0.25, 0.3) is 0 Å². The molecule has 6 nitrogen and oxygen atoms in total. The number of rotatable bonds is 6. The molecule has 0 atom stereocenters. The van der Waals surface area contributed by atoms with E-state index < -0.39 is 0 Å². The summed E-state index contributed by atoms with van der Waals surface area (Å²) in [5.41, 5.74) is 0.724. The summed E-state index contributed by atoms with van der Waals surface area (Å²) in [6.07, 6.45) is 2.53. The van der Waals surface area contributed by atoms with Gasteiger partial charge in [-0.3, -0.25) is 0 Å². The minimum Gasteiger partial charge on any atom is -0.495 e. The molecule has 2 N–H and O–H groups in total. The molecule has 1 aromatic carbocycles. The Morgan fingerprint density at radius 2 is 2.20 bits per heavy atom. The topological polar surface area (TPSA) is 72.0 Å². The molecule has 0 unspecified atom stereocenters.